The SMILES string of the molecule is C=CCOc1ccc2c(c1)C(=O)NC2=O. The third kappa shape index (κ3) is 1.61. The molecule has 1 aliphatic heterocycles. The second-order valence-electron chi connectivity index (χ2n) is 3.09. The van der Waals surface area contributed by atoms with E-state index in [4.69, 9.17) is 4.74 Å². The van der Waals surface area contributed by atoms with Gasteiger partial charge in [-0.15, -0.1) is 0 Å². The van der Waals surface area contributed by atoms with Crippen LogP contribution in [0.15, 0.2) is 30.9 Å². The first-order valence-corrected chi connectivity index (χ1v) is 4.46. The second kappa shape index (κ2) is 3.57. The molecule has 1 aromatic rings. The van der Waals surface area contributed by atoms with E-state index in [9.17, 15) is 9.59 Å². The molecule has 1 heterocycles. The van der Waals surface area contributed by atoms with Crippen LogP contribution in [0.1, 0.15) is 20.7 Å². The van der Waals surface area contributed by atoms with E-state index < -0.39 is 0 Å². The Bertz CT molecular complexity index is 451. The van der Waals surface area contributed by atoms with Crippen molar-refractivity contribution < 1.29 is 14.3 Å². The van der Waals surface area contributed by atoms with Crippen molar-refractivity contribution in [1.82, 2.24) is 5.32 Å². The van der Waals surface area contributed by atoms with Crippen LogP contribution < -0.4 is 10.1 Å². The van der Waals surface area contributed by atoms with Gasteiger partial charge in [-0.2, -0.15) is 0 Å². The highest BCUT2D eigenvalue weighted by atomic mass is 16.5. The lowest BCUT2D eigenvalue weighted by Crippen LogP contribution is -2.19. The number of carbonyl (C=O) groups excluding carboxylic acids is 2. The van der Waals surface area contributed by atoms with Gasteiger partial charge in [0.05, 0.1) is 11.1 Å². The summed E-state index contributed by atoms with van der Waals surface area (Å²) in [6.07, 6.45) is 1.61. The molecule has 0 radical (unpaired) electrons. The largest absolute Gasteiger partial charge is 0.490 e. The number of rotatable bonds is 3. The maximum Gasteiger partial charge on any atom is 0.259 e. The minimum Gasteiger partial charge on any atom is -0.490 e. The minimum atomic E-state index is -0.376. The van der Waals surface area contributed by atoms with E-state index in [1.807, 2.05) is 0 Å². The van der Waals surface area contributed by atoms with Crippen molar-refractivity contribution in [2.45, 2.75) is 0 Å². The van der Waals surface area contributed by atoms with E-state index in [1.165, 1.54) is 0 Å². The lowest BCUT2D eigenvalue weighted by molar-refractivity contribution is 0.0879. The molecule has 4 heteroatoms. The lowest BCUT2D eigenvalue weighted by Gasteiger charge is -2.03. The summed E-state index contributed by atoms with van der Waals surface area (Å²) in [5, 5.41) is 2.21. The van der Waals surface area contributed by atoms with Crippen molar-refractivity contribution in [3.05, 3.63) is 42.0 Å². The van der Waals surface area contributed by atoms with Crippen LogP contribution in [0.3, 0.4) is 0 Å². The first-order valence-electron chi connectivity index (χ1n) is 4.46. The smallest absolute Gasteiger partial charge is 0.259 e. The molecule has 0 spiro atoms. The van der Waals surface area contributed by atoms with Gasteiger partial charge in [0, 0.05) is 0 Å². The Kier molecular flexibility index (Phi) is 2.25. The molecule has 1 aromatic carbocycles. The van der Waals surface area contributed by atoms with Gasteiger partial charge in [0.1, 0.15) is 12.4 Å². The maximum atomic E-state index is 11.3. The Labute approximate surface area is 86.5 Å². The fraction of sp³-hybridized carbons (Fsp3) is 0.0909. The van der Waals surface area contributed by atoms with Gasteiger partial charge in [-0.25, -0.2) is 0 Å². The van der Waals surface area contributed by atoms with Crippen LogP contribution in [-0.2, 0) is 0 Å². The molecule has 76 valence electrons. The molecule has 0 aliphatic carbocycles. The van der Waals surface area contributed by atoms with Crippen LogP contribution in [0.5, 0.6) is 5.75 Å². The quantitative estimate of drug-likeness (QED) is 0.592. The van der Waals surface area contributed by atoms with Crippen LogP contribution in [0.2, 0.25) is 0 Å². The summed E-state index contributed by atoms with van der Waals surface area (Å²) in [6, 6.07) is 4.79. The maximum absolute atomic E-state index is 11.3. The van der Waals surface area contributed by atoms with Gasteiger partial charge in [-0.3, -0.25) is 14.9 Å². The number of amides is 2. The van der Waals surface area contributed by atoms with Crippen molar-refractivity contribution in [2.24, 2.45) is 0 Å². The van der Waals surface area contributed by atoms with Crippen molar-refractivity contribution in [2.75, 3.05) is 6.61 Å². The Hall–Kier alpha value is -2.10. The summed E-state index contributed by atoms with van der Waals surface area (Å²) >= 11 is 0. The monoisotopic (exact) mass is 203 g/mol. The van der Waals surface area contributed by atoms with Gasteiger partial charge in [-0.05, 0) is 18.2 Å². The standard InChI is InChI=1S/C11H9NO3/c1-2-5-15-7-3-4-8-9(6-7)11(14)12-10(8)13/h2-4,6H,1,5H2,(H,12,13,14). The lowest BCUT2D eigenvalue weighted by atomic mass is 10.1. The Morgan fingerprint density at radius 2 is 2.00 bits per heavy atom. The van der Waals surface area contributed by atoms with Crippen molar-refractivity contribution >= 4 is 11.8 Å². The van der Waals surface area contributed by atoms with Crippen LogP contribution in [0.25, 0.3) is 0 Å². The second-order valence-corrected chi connectivity index (χ2v) is 3.09. The number of hydrogen-bond donors (Lipinski definition) is 1. The highest BCUT2D eigenvalue weighted by molar-refractivity contribution is 6.21. The van der Waals surface area contributed by atoms with Crippen LogP contribution in [-0.4, -0.2) is 18.4 Å². The van der Waals surface area contributed by atoms with Gasteiger partial charge in [0.25, 0.3) is 11.8 Å². The highest BCUT2D eigenvalue weighted by Crippen LogP contribution is 2.21. The van der Waals surface area contributed by atoms with E-state index in [0.717, 1.165) is 0 Å². The van der Waals surface area contributed by atoms with Crippen molar-refractivity contribution in [1.29, 1.82) is 0 Å². The molecule has 0 aromatic heterocycles. The molecular formula is C11H9NO3. The molecule has 2 amide bonds. The Balaban J connectivity index is 2.34. The molecule has 1 aliphatic rings. The number of ether oxygens (including phenoxy) is 1. The molecule has 2 rings (SSSR count). The van der Waals surface area contributed by atoms with E-state index in [-0.39, 0.29) is 11.8 Å². The molecule has 0 saturated heterocycles. The highest BCUT2D eigenvalue weighted by Gasteiger charge is 2.26. The number of fused-ring (bicyclic) bond motifs is 1. The molecule has 0 bridgehead atoms. The van der Waals surface area contributed by atoms with Gasteiger partial charge in [0.2, 0.25) is 0 Å². The predicted octanol–water partition coefficient (Wildman–Crippen LogP) is 1.14. The Morgan fingerprint density at radius 3 is 2.73 bits per heavy atom. The third-order valence-corrected chi connectivity index (χ3v) is 2.08. The first kappa shape index (κ1) is 9.45. The van der Waals surface area contributed by atoms with E-state index in [2.05, 4.69) is 11.9 Å². The van der Waals surface area contributed by atoms with Crippen molar-refractivity contribution in [3.8, 4) is 5.75 Å². The average Bonchev–Trinajstić information content (AvgIpc) is 2.52. The van der Waals surface area contributed by atoms with E-state index in [0.29, 0.717) is 23.5 Å². The summed E-state index contributed by atoms with van der Waals surface area (Å²) in [5.74, 6) is -0.178. The first-order chi connectivity index (χ1) is 7.22. The summed E-state index contributed by atoms with van der Waals surface area (Å²) < 4.78 is 5.25. The summed E-state index contributed by atoms with van der Waals surface area (Å²) in [7, 11) is 0. The van der Waals surface area contributed by atoms with Gasteiger partial charge in [0.15, 0.2) is 0 Å². The summed E-state index contributed by atoms with van der Waals surface area (Å²) in [4.78, 5) is 22.5. The third-order valence-electron chi connectivity index (χ3n) is 2.08. The molecule has 15 heavy (non-hydrogen) atoms. The van der Waals surface area contributed by atoms with Gasteiger partial charge >= 0.3 is 0 Å². The predicted molar refractivity (Wildman–Crippen MR) is 53.9 cm³/mol. The van der Waals surface area contributed by atoms with Crippen LogP contribution in [0.4, 0.5) is 0 Å². The number of carbonyl (C=O) groups is 2. The van der Waals surface area contributed by atoms with E-state index in [1.54, 1.807) is 24.3 Å². The number of imide groups is 1. The molecule has 0 fully saturated rings. The fourth-order valence-corrected chi connectivity index (χ4v) is 1.39. The minimum absolute atomic E-state index is 0.356. The zero-order chi connectivity index (χ0) is 10.8. The number of nitrogens with one attached hydrogen (secondary N) is 1. The zero-order valence-electron chi connectivity index (χ0n) is 7.95. The molecule has 4 nitrogen and oxygen atoms in total. The molecule has 0 saturated carbocycles. The Morgan fingerprint density at radius 1 is 1.27 bits per heavy atom. The zero-order valence-corrected chi connectivity index (χ0v) is 7.95. The van der Waals surface area contributed by atoms with Gasteiger partial charge < -0.3 is 4.74 Å². The molecular weight excluding hydrogens is 194 g/mol. The molecule has 0 unspecified atom stereocenters. The van der Waals surface area contributed by atoms with Crippen LogP contribution >= 0.6 is 0 Å². The number of hydrogen-bond acceptors (Lipinski definition) is 3. The van der Waals surface area contributed by atoms with Crippen molar-refractivity contribution in [3.63, 3.8) is 0 Å². The summed E-state index contributed by atoms with van der Waals surface area (Å²) in [6.45, 7) is 3.89. The van der Waals surface area contributed by atoms with Gasteiger partial charge in [-0.1, -0.05) is 12.7 Å². The fourth-order valence-electron chi connectivity index (χ4n) is 1.39. The van der Waals surface area contributed by atoms with E-state index >= 15 is 0 Å². The molecule has 1 N–H and O–H groups in total. The summed E-state index contributed by atoms with van der Waals surface area (Å²) in [5.41, 5.74) is 0.757. The average molecular weight is 203 g/mol. The topological polar surface area (TPSA) is 55.4 Å². The normalized spacial score (nSPS) is 13.3. The van der Waals surface area contributed by atoms with Crippen LogP contribution in [0, 0.1) is 0 Å². The number of benzene rings is 1. The molecule has 0 atom stereocenters.